The third kappa shape index (κ3) is 6.13. The lowest BCUT2D eigenvalue weighted by Crippen LogP contribution is -1.94. The van der Waals surface area contributed by atoms with Gasteiger partial charge in [-0.25, -0.2) is 0 Å². The molecule has 2 aromatic rings. The minimum atomic E-state index is 0.537. The highest BCUT2D eigenvalue weighted by atomic mass is 16.1. The van der Waals surface area contributed by atoms with E-state index in [-0.39, 0.29) is 0 Å². The van der Waals surface area contributed by atoms with Crippen LogP contribution >= 0.6 is 0 Å². The summed E-state index contributed by atoms with van der Waals surface area (Å²) < 4.78 is 0. The minimum absolute atomic E-state index is 0.537. The highest BCUT2D eigenvalue weighted by Gasteiger charge is 1.97. The van der Waals surface area contributed by atoms with Gasteiger partial charge in [-0.3, -0.25) is 4.79 Å². The number of amides is 1. The van der Waals surface area contributed by atoms with Gasteiger partial charge in [0.05, 0.1) is 0 Å². The number of anilines is 2. The maximum Gasteiger partial charge on any atom is 0.211 e. The number of benzene rings is 2. The molecular formula is C18H24N2O. The lowest BCUT2D eigenvalue weighted by atomic mass is 10.0. The maximum absolute atomic E-state index is 10.1. The highest BCUT2D eigenvalue weighted by molar-refractivity contribution is 5.71. The zero-order chi connectivity index (χ0) is 15.7. The summed E-state index contributed by atoms with van der Waals surface area (Å²) in [5.41, 5.74) is 4.59. The third-order valence-corrected chi connectivity index (χ3v) is 3.14. The zero-order valence-electron chi connectivity index (χ0n) is 13.2. The molecule has 2 N–H and O–H groups in total. The highest BCUT2D eigenvalue weighted by Crippen LogP contribution is 2.16. The van der Waals surface area contributed by atoms with E-state index in [4.69, 9.17) is 0 Å². The number of aryl methyl sites for hydroxylation is 1. The first kappa shape index (κ1) is 16.8. The van der Waals surface area contributed by atoms with Crippen molar-refractivity contribution in [3.63, 3.8) is 0 Å². The van der Waals surface area contributed by atoms with Crippen molar-refractivity contribution >= 4 is 17.8 Å². The Morgan fingerprint density at radius 3 is 1.86 bits per heavy atom. The largest absolute Gasteiger partial charge is 0.388 e. The van der Waals surface area contributed by atoms with Crippen LogP contribution in [0.25, 0.3) is 0 Å². The van der Waals surface area contributed by atoms with Gasteiger partial charge in [-0.15, -0.1) is 0 Å². The lowest BCUT2D eigenvalue weighted by molar-refractivity contribution is -0.105. The standard InChI is InChI=1S/C10H13NO.C8H11N/c1-8(2)9-3-5-10(6-4-9)11-7-12;1-7-3-5-8(9-2)6-4-7/h3-8H,1-2H3,(H,11,12);3-6,9H,1-2H3. The second-order valence-electron chi connectivity index (χ2n) is 5.15. The van der Waals surface area contributed by atoms with Crippen LogP contribution in [-0.4, -0.2) is 13.5 Å². The van der Waals surface area contributed by atoms with E-state index >= 15 is 0 Å². The van der Waals surface area contributed by atoms with Gasteiger partial charge < -0.3 is 10.6 Å². The molecule has 0 atom stereocenters. The molecule has 21 heavy (non-hydrogen) atoms. The van der Waals surface area contributed by atoms with Crippen LogP contribution in [0, 0.1) is 6.92 Å². The van der Waals surface area contributed by atoms with Crippen molar-refractivity contribution in [2.24, 2.45) is 0 Å². The van der Waals surface area contributed by atoms with E-state index in [2.05, 4.69) is 55.7 Å². The lowest BCUT2D eigenvalue weighted by Gasteiger charge is -2.05. The summed E-state index contributed by atoms with van der Waals surface area (Å²) in [6.45, 7) is 6.36. The summed E-state index contributed by atoms with van der Waals surface area (Å²) in [6.07, 6.45) is 0.685. The van der Waals surface area contributed by atoms with Crippen molar-refractivity contribution in [2.45, 2.75) is 26.7 Å². The van der Waals surface area contributed by atoms with Gasteiger partial charge in [0.25, 0.3) is 0 Å². The summed E-state index contributed by atoms with van der Waals surface area (Å²) in [5, 5.41) is 5.65. The van der Waals surface area contributed by atoms with Gasteiger partial charge in [0.1, 0.15) is 0 Å². The Hall–Kier alpha value is -2.29. The first-order chi connectivity index (χ1) is 10.1. The summed E-state index contributed by atoms with van der Waals surface area (Å²) in [6, 6.07) is 16.2. The molecule has 0 saturated carbocycles. The van der Waals surface area contributed by atoms with Crippen LogP contribution in [0.4, 0.5) is 11.4 Å². The Balaban J connectivity index is 0.000000219. The SMILES string of the molecule is CC(C)c1ccc(NC=O)cc1.CNc1ccc(C)cc1. The van der Waals surface area contributed by atoms with Crippen LogP contribution in [0.5, 0.6) is 0 Å². The monoisotopic (exact) mass is 284 g/mol. The molecule has 0 aliphatic heterocycles. The molecule has 112 valence electrons. The van der Waals surface area contributed by atoms with E-state index in [9.17, 15) is 4.79 Å². The number of nitrogens with one attached hydrogen (secondary N) is 2. The number of rotatable bonds is 4. The van der Waals surface area contributed by atoms with Crippen molar-refractivity contribution < 1.29 is 4.79 Å². The molecule has 0 unspecified atom stereocenters. The van der Waals surface area contributed by atoms with Crippen LogP contribution in [0.15, 0.2) is 48.5 Å². The molecular weight excluding hydrogens is 260 g/mol. The van der Waals surface area contributed by atoms with Crippen LogP contribution in [0.2, 0.25) is 0 Å². The molecule has 3 nitrogen and oxygen atoms in total. The average molecular weight is 284 g/mol. The van der Waals surface area contributed by atoms with Crippen molar-refractivity contribution in [2.75, 3.05) is 17.7 Å². The molecule has 2 rings (SSSR count). The van der Waals surface area contributed by atoms with Gasteiger partial charge in [-0.05, 0) is 42.7 Å². The number of carbonyl (C=O) groups is 1. The van der Waals surface area contributed by atoms with E-state index < -0.39 is 0 Å². The van der Waals surface area contributed by atoms with Gasteiger partial charge in [-0.2, -0.15) is 0 Å². The molecule has 2 aromatic carbocycles. The van der Waals surface area contributed by atoms with Gasteiger partial charge >= 0.3 is 0 Å². The molecule has 0 aromatic heterocycles. The Kier molecular flexibility index (Phi) is 7.02. The van der Waals surface area contributed by atoms with Crippen molar-refractivity contribution in [1.29, 1.82) is 0 Å². The normalized spacial score (nSPS) is 9.57. The summed E-state index contributed by atoms with van der Waals surface area (Å²) in [5.74, 6) is 0.537. The summed E-state index contributed by atoms with van der Waals surface area (Å²) in [4.78, 5) is 10.1. The molecule has 3 heteroatoms. The minimum Gasteiger partial charge on any atom is -0.388 e. The van der Waals surface area contributed by atoms with Gasteiger partial charge in [0.2, 0.25) is 6.41 Å². The molecule has 0 spiro atoms. The van der Waals surface area contributed by atoms with E-state index in [1.54, 1.807) is 0 Å². The second kappa shape index (κ2) is 8.80. The van der Waals surface area contributed by atoms with Gasteiger partial charge in [0, 0.05) is 18.4 Å². The quantitative estimate of drug-likeness (QED) is 0.816. The average Bonchev–Trinajstić information content (AvgIpc) is 2.50. The predicted molar refractivity (Wildman–Crippen MR) is 90.9 cm³/mol. The van der Waals surface area contributed by atoms with Crippen molar-refractivity contribution in [1.82, 2.24) is 0 Å². The molecule has 0 saturated heterocycles. The van der Waals surface area contributed by atoms with Crippen molar-refractivity contribution in [3.8, 4) is 0 Å². The maximum atomic E-state index is 10.1. The fourth-order valence-electron chi connectivity index (χ4n) is 1.75. The molecule has 0 fully saturated rings. The molecule has 0 bridgehead atoms. The fourth-order valence-corrected chi connectivity index (χ4v) is 1.75. The topological polar surface area (TPSA) is 41.1 Å². The van der Waals surface area contributed by atoms with E-state index in [1.807, 2.05) is 31.3 Å². The van der Waals surface area contributed by atoms with Crippen LogP contribution in [0.1, 0.15) is 30.9 Å². The molecule has 1 amide bonds. The van der Waals surface area contributed by atoms with E-state index in [0.717, 1.165) is 5.69 Å². The van der Waals surface area contributed by atoms with E-state index in [1.165, 1.54) is 16.8 Å². The molecule has 0 radical (unpaired) electrons. The number of hydrogen-bond donors (Lipinski definition) is 2. The van der Waals surface area contributed by atoms with Crippen LogP contribution in [0.3, 0.4) is 0 Å². The zero-order valence-corrected chi connectivity index (χ0v) is 13.2. The first-order valence-electron chi connectivity index (χ1n) is 7.11. The second-order valence-corrected chi connectivity index (χ2v) is 5.15. The number of carbonyl (C=O) groups excluding carboxylic acids is 1. The smallest absolute Gasteiger partial charge is 0.211 e. The Labute approximate surface area is 127 Å². The first-order valence-corrected chi connectivity index (χ1v) is 7.11. The Bertz CT molecular complexity index is 530. The van der Waals surface area contributed by atoms with E-state index in [0.29, 0.717) is 12.3 Å². The van der Waals surface area contributed by atoms with Crippen molar-refractivity contribution in [3.05, 3.63) is 59.7 Å². The number of hydrogen-bond acceptors (Lipinski definition) is 2. The third-order valence-electron chi connectivity index (χ3n) is 3.14. The fraction of sp³-hybridized carbons (Fsp3) is 0.278. The molecule has 0 aliphatic rings. The van der Waals surface area contributed by atoms with Crippen LogP contribution < -0.4 is 10.6 Å². The van der Waals surface area contributed by atoms with Gasteiger partial charge in [0.15, 0.2) is 0 Å². The molecule has 0 aliphatic carbocycles. The Morgan fingerprint density at radius 2 is 1.43 bits per heavy atom. The molecule has 0 heterocycles. The van der Waals surface area contributed by atoms with Crippen LogP contribution in [-0.2, 0) is 4.79 Å². The summed E-state index contributed by atoms with van der Waals surface area (Å²) in [7, 11) is 1.92. The summed E-state index contributed by atoms with van der Waals surface area (Å²) >= 11 is 0. The predicted octanol–water partition coefficient (Wildman–Crippen LogP) is 4.42. The Morgan fingerprint density at radius 1 is 0.905 bits per heavy atom. The van der Waals surface area contributed by atoms with Gasteiger partial charge in [-0.1, -0.05) is 43.7 Å².